The first-order valence-corrected chi connectivity index (χ1v) is 18.1. The molecule has 2 N–H and O–H groups in total. The molecule has 51 heavy (non-hydrogen) atoms. The quantitative estimate of drug-likeness (QED) is 0.138. The van der Waals surface area contributed by atoms with Crippen LogP contribution in [-0.4, -0.2) is 104 Å². The minimum absolute atomic E-state index is 0.141. The molecule has 16 heteroatoms. The molecule has 1 aromatic carbocycles. The highest BCUT2D eigenvalue weighted by Crippen LogP contribution is 2.41. The summed E-state index contributed by atoms with van der Waals surface area (Å²) in [6.45, 7) is 10.8. The molecule has 0 spiro atoms. The van der Waals surface area contributed by atoms with Crippen molar-refractivity contribution in [1.29, 1.82) is 0 Å². The fourth-order valence-corrected chi connectivity index (χ4v) is 6.97. The highest BCUT2D eigenvalue weighted by Gasteiger charge is 2.41. The maximum Gasteiger partial charge on any atom is 0.256 e. The summed E-state index contributed by atoms with van der Waals surface area (Å²) in [5.41, 5.74) is 2.25. The molecule has 2 fully saturated rings. The Labute approximate surface area is 303 Å². The van der Waals surface area contributed by atoms with Crippen molar-refractivity contribution in [2.75, 3.05) is 51.9 Å². The zero-order valence-corrected chi connectivity index (χ0v) is 30.6. The Bertz CT molecular complexity index is 1650. The third-order valence-electron chi connectivity index (χ3n) is 9.44. The zero-order chi connectivity index (χ0) is 35.6. The van der Waals surface area contributed by atoms with Gasteiger partial charge in [-0.15, -0.1) is 10.2 Å². The van der Waals surface area contributed by atoms with Crippen LogP contribution in [-0.2, 0) is 20.8 Å². The van der Waals surface area contributed by atoms with E-state index in [1.165, 1.54) is 0 Å². The molecule has 1 saturated carbocycles. The number of benzene rings is 1. The third kappa shape index (κ3) is 9.92. The number of aromatic nitrogens is 8. The second kappa shape index (κ2) is 17.6. The summed E-state index contributed by atoms with van der Waals surface area (Å²) < 4.78 is 33.1. The average molecular weight is 725 g/mol. The highest BCUT2D eigenvalue weighted by atomic mass is 35.5. The summed E-state index contributed by atoms with van der Waals surface area (Å²) in [5.74, 6) is 1.99. The predicted molar refractivity (Wildman–Crippen MR) is 192 cm³/mol. The second-order valence-electron chi connectivity index (χ2n) is 13.5. The molecule has 15 nitrogen and oxygen atoms in total. The Kier molecular flexibility index (Phi) is 12.7. The van der Waals surface area contributed by atoms with Gasteiger partial charge in [0.25, 0.3) is 5.88 Å². The van der Waals surface area contributed by atoms with E-state index in [4.69, 9.17) is 40.4 Å². The number of anilines is 2. The van der Waals surface area contributed by atoms with E-state index in [0.29, 0.717) is 67.2 Å². The monoisotopic (exact) mass is 724 g/mol. The Morgan fingerprint density at radius 2 is 1.92 bits per heavy atom. The van der Waals surface area contributed by atoms with Gasteiger partial charge in [0.2, 0.25) is 5.95 Å². The van der Waals surface area contributed by atoms with Gasteiger partial charge in [-0.1, -0.05) is 17.7 Å². The molecule has 3 atom stereocenters. The minimum atomic E-state index is -0.213. The van der Waals surface area contributed by atoms with Gasteiger partial charge in [0.05, 0.1) is 55.3 Å². The van der Waals surface area contributed by atoms with Crippen molar-refractivity contribution in [1.82, 2.24) is 45.3 Å². The van der Waals surface area contributed by atoms with Gasteiger partial charge in [-0.25, -0.2) is 14.6 Å². The van der Waals surface area contributed by atoms with Crippen LogP contribution < -0.4 is 20.1 Å². The minimum Gasteiger partial charge on any atom is -0.487 e. The van der Waals surface area contributed by atoms with Crippen LogP contribution in [0.5, 0.6) is 11.6 Å². The van der Waals surface area contributed by atoms with Gasteiger partial charge in [0.15, 0.2) is 0 Å². The number of morpholine rings is 1. The van der Waals surface area contributed by atoms with E-state index in [0.717, 1.165) is 56.3 Å². The molecular weight excluding hydrogens is 676 g/mol. The zero-order valence-electron chi connectivity index (χ0n) is 29.8. The number of tetrazole rings is 1. The average Bonchev–Trinajstić information content (AvgIpc) is 3.79. The van der Waals surface area contributed by atoms with E-state index in [1.807, 2.05) is 29.9 Å². The van der Waals surface area contributed by atoms with Crippen LogP contribution in [0.25, 0.3) is 11.1 Å². The molecule has 6 rings (SSSR count). The van der Waals surface area contributed by atoms with Crippen LogP contribution >= 0.6 is 11.6 Å². The second-order valence-corrected chi connectivity index (χ2v) is 13.9. The third-order valence-corrected chi connectivity index (χ3v) is 9.75. The molecular formula is C35H49ClN10O5. The first-order chi connectivity index (χ1) is 24.8. The Morgan fingerprint density at radius 1 is 1.10 bits per heavy atom. The van der Waals surface area contributed by atoms with Crippen LogP contribution in [0.15, 0.2) is 43.1 Å². The van der Waals surface area contributed by atoms with Gasteiger partial charge in [-0.3, -0.25) is 4.68 Å². The fourth-order valence-electron chi connectivity index (χ4n) is 6.80. The molecule has 3 aromatic heterocycles. The topological polar surface area (TPSA) is 157 Å². The number of hydrogen-bond acceptors (Lipinski definition) is 13. The Balaban J connectivity index is 1.11. The van der Waals surface area contributed by atoms with E-state index in [-0.39, 0.29) is 23.9 Å². The van der Waals surface area contributed by atoms with Crippen LogP contribution in [0, 0.1) is 5.92 Å². The largest absolute Gasteiger partial charge is 0.487 e. The van der Waals surface area contributed by atoms with Crippen molar-refractivity contribution in [3.8, 4) is 22.8 Å². The van der Waals surface area contributed by atoms with Gasteiger partial charge in [-0.2, -0.15) is 0 Å². The standard InChI is InChI=1S/C35H49ClN10O5/c1-24-17-37-22-35(3,51-24)28-7-9-29(10-8-28)46-21-31(33(42-46)49-13-5-12-48-15-14-47-4)41-34-38-18-27(19-39-34)26-6-11-30(36)32(16-26)50-25(2)20-45-23-40-43-44-45/h6,11,16,18-19,21,23-25,28-29,37H,5,7-10,12-15,17,20,22H2,1-4H3,(H,38,39,41)/t24-,25?,28?,29?,35-/m1/s1. The molecule has 4 heterocycles. The first-order valence-electron chi connectivity index (χ1n) is 17.7. The smallest absolute Gasteiger partial charge is 0.256 e. The molecule has 0 radical (unpaired) electrons. The van der Waals surface area contributed by atoms with Crippen molar-refractivity contribution in [3.05, 3.63) is 48.1 Å². The van der Waals surface area contributed by atoms with E-state index >= 15 is 0 Å². The summed E-state index contributed by atoms with van der Waals surface area (Å²) in [6, 6.07) is 5.85. The van der Waals surface area contributed by atoms with Crippen molar-refractivity contribution in [2.24, 2.45) is 5.92 Å². The van der Waals surface area contributed by atoms with Crippen molar-refractivity contribution < 1.29 is 23.7 Å². The van der Waals surface area contributed by atoms with Crippen molar-refractivity contribution >= 4 is 23.2 Å². The van der Waals surface area contributed by atoms with Gasteiger partial charge in [-0.05, 0) is 80.5 Å². The van der Waals surface area contributed by atoms with E-state index < -0.39 is 0 Å². The highest BCUT2D eigenvalue weighted by molar-refractivity contribution is 6.32. The van der Waals surface area contributed by atoms with E-state index in [2.05, 4.69) is 50.0 Å². The normalized spacial score (nSPS) is 22.8. The number of methoxy groups -OCH3 is 1. The predicted octanol–water partition coefficient (Wildman–Crippen LogP) is 5.12. The Morgan fingerprint density at radius 3 is 2.67 bits per heavy atom. The van der Waals surface area contributed by atoms with Crippen LogP contribution in [0.3, 0.4) is 0 Å². The first kappa shape index (κ1) is 36.9. The lowest BCUT2D eigenvalue weighted by atomic mass is 9.75. The SMILES string of the molecule is COCCOCCCOc1nn(C2CCC([C@@]3(C)CNC[C@@H](C)O3)CC2)cc1Nc1ncc(-c2ccc(Cl)c(OC(C)Cn3cnnn3)c2)cn1. The lowest BCUT2D eigenvalue weighted by Crippen LogP contribution is -2.55. The van der Waals surface area contributed by atoms with Gasteiger partial charge in [0, 0.05) is 51.2 Å². The lowest BCUT2D eigenvalue weighted by molar-refractivity contribution is -0.138. The van der Waals surface area contributed by atoms with Gasteiger partial charge in [0.1, 0.15) is 23.9 Å². The molecule has 1 saturated heterocycles. The molecule has 0 bridgehead atoms. The molecule has 0 amide bonds. The lowest BCUT2D eigenvalue weighted by Gasteiger charge is -2.46. The van der Waals surface area contributed by atoms with E-state index in [9.17, 15) is 0 Å². The van der Waals surface area contributed by atoms with Crippen LogP contribution in [0.1, 0.15) is 58.9 Å². The van der Waals surface area contributed by atoms with Gasteiger partial charge >= 0.3 is 0 Å². The maximum absolute atomic E-state index is 6.47. The van der Waals surface area contributed by atoms with Crippen molar-refractivity contribution in [2.45, 2.75) is 83.3 Å². The summed E-state index contributed by atoms with van der Waals surface area (Å²) in [7, 11) is 1.66. The summed E-state index contributed by atoms with van der Waals surface area (Å²) >= 11 is 6.47. The van der Waals surface area contributed by atoms with Crippen LogP contribution in [0.2, 0.25) is 5.02 Å². The number of rotatable bonds is 17. The van der Waals surface area contributed by atoms with Crippen LogP contribution in [0.4, 0.5) is 11.6 Å². The van der Waals surface area contributed by atoms with Crippen molar-refractivity contribution in [3.63, 3.8) is 0 Å². The molecule has 1 aliphatic heterocycles. The number of hydrogen-bond donors (Lipinski definition) is 2. The number of nitrogens with zero attached hydrogens (tertiary/aromatic N) is 8. The molecule has 1 unspecified atom stereocenters. The molecule has 2 aliphatic rings. The molecule has 1 aliphatic carbocycles. The Hall–Kier alpha value is -3.89. The maximum atomic E-state index is 6.47. The molecule has 276 valence electrons. The number of nitrogens with one attached hydrogen (secondary N) is 2. The van der Waals surface area contributed by atoms with Gasteiger partial charge < -0.3 is 34.3 Å². The summed E-state index contributed by atoms with van der Waals surface area (Å²) in [4.78, 5) is 9.25. The summed E-state index contributed by atoms with van der Waals surface area (Å²) in [5, 5.41) is 23.6. The van der Waals surface area contributed by atoms with E-state index in [1.54, 1.807) is 36.6 Å². The summed E-state index contributed by atoms with van der Waals surface area (Å²) in [6.07, 6.45) is 12.0. The fraction of sp³-hybridized carbons (Fsp3) is 0.600. The number of ether oxygens (including phenoxy) is 5. The molecule has 4 aromatic rings. The number of halogens is 1.